The molecule has 1 saturated carbocycles. The van der Waals surface area contributed by atoms with Crippen molar-refractivity contribution in [1.29, 1.82) is 5.26 Å². The number of aryl methyl sites for hydroxylation is 1. The van der Waals surface area contributed by atoms with Crippen molar-refractivity contribution in [2.24, 2.45) is 0 Å². The predicted molar refractivity (Wildman–Crippen MR) is 76.7 cm³/mol. The smallest absolute Gasteiger partial charge is 0.240 e. The first-order valence-corrected chi connectivity index (χ1v) is 8.13. The molecule has 0 aliphatic heterocycles. The summed E-state index contributed by atoms with van der Waals surface area (Å²) in [5.41, 5.74) is 1.17. The van der Waals surface area contributed by atoms with Gasteiger partial charge in [-0.15, -0.1) is 0 Å². The van der Waals surface area contributed by atoms with Gasteiger partial charge in [-0.3, -0.25) is 0 Å². The Morgan fingerprint density at radius 1 is 1.45 bits per heavy atom. The summed E-state index contributed by atoms with van der Waals surface area (Å²) in [5.74, 6) is 0. The Bertz CT molecular complexity index is 630. The molecular formula is C14H19N3O2S. The SMILES string of the molecule is Cc1cc(S(=O)(=O)NCCN(C)C2CC2)ccc1C#N. The lowest BCUT2D eigenvalue weighted by molar-refractivity contribution is 0.329. The van der Waals surface area contributed by atoms with E-state index in [-0.39, 0.29) is 4.90 Å². The number of rotatable bonds is 6. The maximum absolute atomic E-state index is 12.1. The first-order chi connectivity index (χ1) is 9.44. The lowest BCUT2D eigenvalue weighted by Crippen LogP contribution is -2.34. The highest BCUT2D eigenvalue weighted by Gasteiger charge is 2.25. The second-order valence-corrected chi connectivity index (χ2v) is 6.97. The van der Waals surface area contributed by atoms with Crippen molar-refractivity contribution in [1.82, 2.24) is 9.62 Å². The Morgan fingerprint density at radius 3 is 2.70 bits per heavy atom. The zero-order valence-electron chi connectivity index (χ0n) is 11.8. The molecule has 1 aliphatic carbocycles. The van der Waals surface area contributed by atoms with Gasteiger partial charge in [0, 0.05) is 19.1 Å². The first kappa shape index (κ1) is 15.0. The van der Waals surface area contributed by atoms with E-state index in [0.29, 0.717) is 30.3 Å². The van der Waals surface area contributed by atoms with Crippen LogP contribution in [0, 0.1) is 18.3 Å². The van der Waals surface area contributed by atoms with Crippen LogP contribution < -0.4 is 4.72 Å². The summed E-state index contributed by atoms with van der Waals surface area (Å²) in [5, 5.41) is 8.85. The van der Waals surface area contributed by atoms with Crippen molar-refractivity contribution in [3.8, 4) is 6.07 Å². The number of hydrogen-bond acceptors (Lipinski definition) is 4. The average molecular weight is 293 g/mol. The van der Waals surface area contributed by atoms with Crippen LogP contribution in [0.25, 0.3) is 0 Å². The lowest BCUT2D eigenvalue weighted by Gasteiger charge is -2.16. The highest BCUT2D eigenvalue weighted by Crippen LogP contribution is 2.24. The normalized spacial score (nSPS) is 15.3. The second kappa shape index (κ2) is 5.92. The van der Waals surface area contributed by atoms with Crippen LogP contribution in [0.5, 0.6) is 0 Å². The fourth-order valence-corrected chi connectivity index (χ4v) is 3.17. The molecule has 2 rings (SSSR count). The van der Waals surface area contributed by atoms with E-state index in [2.05, 4.69) is 9.62 Å². The van der Waals surface area contributed by atoms with Crippen LogP contribution in [0.2, 0.25) is 0 Å². The standard InChI is InChI=1S/C14H19N3O2S/c1-11-9-14(6-3-12(11)10-15)20(18,19)16-7-8-17(2)13-4-5-13/h3,6,9,13,16H,4-5,7-8H2,1-2H3. The summed E-state index contributed by atoms with van der Waals surface area (Å²) in [6.07, 6.45) is 2.41. The average Bonchev–Trinajstić information content (AvgIpc) is 3.22. The Balaban J connectivity index is 1.99. The molecule has 0 atom stereocenters. The largest absolute Gasteiger partial charge is 0.302 e. The second-order valence-electron chi connectivity index (χ2n) is 5.20. The van der Waals surface area contributed by atoms with Crippen molar-refractivity contribution in [2.75, 3.05) is 20.1 Å². The van der Waals surface area contributed by atoms with Crippen LogP contribution in [0.15, 0.2) is 23.1 Å². The van der Waals surface area contributed by atoms with Gasteiger partial charge >= 0.3 is 0 Å². The van der Waals surface area contributed by atoms with Crippen molar-refractivity contribution < 1.29 is 8.42 Å². The summed E-state index contributed by atoms with van der Waals surface area (Å²) < 4.78 is 26.9. The van der Waals surface area contributed by atoms with Gasteiger partial charge < -0.3 is 4.90 Å². The van der Waals surface area contributed by atoms with E-state index in [0.717, 1.165) is 0 Å². The van der Waals surface area contributed by atoms with E-state index in [9.17, 15) is 8.42 Å². The molecule has 0 radical (unpaired) electrons. The van der Waals surface area contributed by atoms with E-state index in [1.807, 2.05) is 13.1 Å². The maximum atomic E-state index is 12.1. The van der Waals surface area contributed by atoms with Crippen LogP contribution in [-0.2, 0) is 10.0 Å². The summed E-state index contributed by atoms with van der Waals surface area (Å²) in [7, 11) is -1.48. The summed E-state index contributed by atoms with van der Waals surface area (Å²) >= 11 is 0. The molecule has 1 aromatic carbocycles. The van der Waals surface area contributed by atoms with Gasteiger partial charge in [-0.25, -0.2) is 13.1 Å². The van der Waals surface area contributed by atoms with Crippen LogP contribution in [0.1, 0.15) is 24.0 Å². The number of sulfonamides is 1. The molecule has 6 heteroatoms. The van der Waals surface area contributed by atoms with E-state index >= 15 is 0 Å². The minimum absolute atomic E-state index is 0.211. The van der Waals surface area contributed by atoms with E-state index in [4.69, 9.17) is 5.26 Å². The van der Waals surface area contributed by atoms with Gasteiger partial charge in [-0.1, -0.05) is 0 Å². The number of benzene rings is 1. The molecule has 1 aromatic rings. The third-order valence-electron chi connectivity index (χ3n) is 3.56. The van der Waals surface area contributed by atoms with Gasteiger partial charge in [0.2, 0.25) is 10.0 Å². The van der Waals surface area contributed by atoms with Crippen molar-refractivity contribution in [2.45, 2.75) is 30.7 Å². The summed E-state index contributed by atoms with van der Waals surface area (Å²) in [4.78, 5) is 2.38. The Labute approximate surface area is 120 Å². The minimum atomic E-state index is -3.49. The van der Waals surface area contributed by atoms with Crippen LogP contribution in [-0.4, -0.2) is 39.5 Å². The molecule has 0 heterocycles. The quantitative estimate of drug-likeness (QED) is 0.856. The molecule has 1 fully saturated rings. The van der Waals surface area contributed by atoms with Crippen LogP contribution >= 0.6 is 0 Å². The van der Waals surface area contributed by atoms with E-state index in [1.165, 1.54) is 25.0 Å². The van der Waals surface area contributed by atoms with Crippen molar-refractivity contribution >= 4 is 10.0 Å². The summed E-state index contributed by atoms with van der Waals surface area (Å²) in [6, 6.07) is 7.20. The molecule has 0 bridgehead atoms. The number of hydrogen-bond donors (Lipinski definition) is 1. The van der Waals surface area contributed by atoms with Gasteiger partial charge in [-0.05, 0) is 50.6 Å². The fraction of sp³-hybridized carbons (Fsp3) is 0.500. The topological polar surface area (TPSA) is 73.2 Å². The van der Waals surface area contributed by atoms with Gasteiger partial charge in [0.25, 0.3) is 0 Å². The van der Waals surface area contributed by atoms with Crippen LogP contribution in [0.4, 0.5) is 0 Å². The molecule has 1 N–H and O–H groups in total. The molecule has 0 spiro atoms. The predicted octanol–water partition coefficient (Wildman–Crippen LogP) is 1.24. The third-order valence-corrected chi connectivity index (χ3v) is 5.01. The Morgan fingerprint density at radius 2 is 2.15 bits per heavy atom. The van der Waals surface area contributed by atoms with Gasteiger partial charge in [0.1, 0.15) is 0 Å². The molecule has 0 saturated heterocycles. The van der Waals surface area contributed by atoms with Crippen molar-refractivity contribution in [3.05, 3.63) is 29.3 Å². The van der Waals surface area contributed by atoms with E-state index in [1.54, 1.807) is 13.0 Å². The van der Waals surface area contributed by atoms with Gasteiger partial charge in [0.15, 0.2) is 0 Å². The van der Waals surface area contributed by atoms with E-state index < -0.39 is 10.0 Å². The Hall–Kier alpha value is -1.42. The monoisotopic (exact) mass is 293 g/mol. The number of nitriles is 1. The molecule has 1 aliphatic rings. The molecule has 5 nitrogen and oxygen atoms in total. The minimum Gasteiger partial charge on any atom is -0.302 e. The molecule has 0 aromatic heterocycles. The molecular weight excluding hydrogens is 274 g/mol. The molecule has 0 amide bonds. The third kappa shape index (κ3) is 3.57. The van der Waals surface area contributed by atoms with Gasteiger partial charge in [-0.2, -0.15) is 5.26 Å². The first-order valence-electron chi connectivity index (χ1n) is 6.64. The lowest BCUT2D eigenvalue weighted by atomic mass is 10.1. The molecule has 0 unspecified atom stereocenters. The summed E-state index contributed by atoms with van der Waals surface area (Å²) in [6.45, 7) is 2.84. The highest BCUT2D eigenvalue weighted by molar-refractivity contribution is 7.89. The number of nitrogens with zero attached hydrogens (tertiary/aromatic N) is 2. The maximum Gasteiger partial charge on any atom is 0.240 e. The van der Waals surface area contributed by atoms with Crippen LogP contribution in [0.3, 0.4) is 0 Å². The zero-order valence-corrected chi connectivity index (χ0v) is 12.6. The molecule has 108 valence electrons. The Kier molecular flexibility index (Phi) is 4.43. The molecule has 20 heavy (non-hydrogen) atoms. The highest BCUT2D eigenvalue weighted by atomic mass is 32.2. The zero-order chi connectivity index (χ0) is 14.8. The van der Waals surface area contributed by atoms with Gasteiger partial charge in [0.05, 0.1) is 16.5 Å². The van der Waals surface area contributed by atoms with Crippen molar-refractivity contribution in [3.63, 3.8) is 0 Å². The number of nitrogens with one attached hydrogen (secondary N) is 1. The fourth-order valence-electron chi connectivity index (χ4n) is 2.07. The number of likely N-dealkylation sites (N-methyl/N-ethyl adjacent to an activating group) is 1.